The van der Waals surface area contributed by atoms with Gasteiger partial charge in [-0.1, -0.05) is 6.92 Å². The Hall–Kier alpha value is -0.830. The van der Waals surface area contributed by atoms with E-state index >= 15 is 0 Å². The molecule has 1 aromatic rings. The maximum atomic E-state index is 4.71. The second kappa shape index (κ2) is 4.81. The molecule has 0 radical (unpaired) electrons. The fraction of sp³-hybridized carbons (Fsp3) is 0.786. The molecule has 3 rings (SSSR count). The number of nitrogens with zero attached hydrogens (tertiary/aromatic N) is 2. The van der Waals surface area contributed by atoms with Crippen LogP contribution in [0.25, 0.3) is 0 Å². The molecule has 2 saturated carbocycles. The van der Waals surface area contributed by atoms with Crippen molar-refractivity contribution in [2.75, 3.05) is 0 Å². The molecule has 2 aliphatic carbocycles. The minimum Gasteiger partial charge on any atom is -0.308 e. The smallest absolute Gasteiger partial charge is 0.0762 e. The van der Waals surface area contributed by atoms with E-state index in [1.807, 2.05) is 0 Å². The highest BCUT2D eigenvalue weighted by molar-refractivity contribution is 5.01. The molecule has 0 amide bonds. The third kappa shape index (κ3) is 2.89. The molecule has 0 bridgehead atoms. The highest BCUT2D eigenvalue weighted by atomic mass is 15.3. The monoisotopic (exact) mass is 233 g/mol. The number of hydrogen-bond acceptors (Lipinski definition) is 2. The fourth-order valence-corrected chi connectivity index (χ4v) is 2.72. The Morgan fingerprint density at radius 1 is 1.24 bits per heavy atom. The Balaban J connectivity index is 1.55. The third-order valence-corrected chi connectivity index (χ3v) is 4.17. The summed E-state index contributed by atoms with van der Waals surface area (Å²) in [6, 6.07) is 3.60. The summed E-state index contributed by atoms with van der Waals surface area (Å²) in [5.41, 5.74) is 1.20. The summed E-state index contributed by atoms with van der Waals surface area (Å²) < 4.78 is 2.20. The van der Waals surface area contributed by atoms with E-state index in [1.54, 1.807) is 0 Å². The summed E-state index contributed by atoms with van der Waals surface area (Å²) in [7, 11) is 0. The summed E-state index contributed by atoms with van der Waals surface area (Å²) >= 11 is 0. The first-order chi connectivity index (χ1) is 8.31. The zero-order valence-corrected chi connectivity index (χ0v) is 10.7. The maximum Gasteiger partial charge on any atom is 0.0762 e. The summed E-state index contributed by atoms with van der Waals surface area (Å²) in [6.07, 6.45) is 10.2. The lowest BCUT2D eigenvalue weighted by Gasteiger charge is -2.26. The van der Waals surface area contributed by atoms with Crippen molar-refractivity contribution in [1.82, 2.24) is 15.1 Å². The van der Waals surface area contributed by atoms with E-state index in [2.05, 4.69) is 29.2 Å². The van der Waals surface area contributed by atoms with Crippen LogP contribution in [0.2, 0.25) is 0 Å². The highest BCUT2D eigenvalue weighted by Gasteiger charge is 2.22. The van der Waals surface area contributed by atoms with Gasteiger partial charge in [-0.15, -0.1) is 0 Å². The van der Waals surface area contributed by atoms with Gasteiger partial charge in [-0.2, -0.15) is 5.10 Å². The molecule has 1 heterocycles. The van der Waals surface area contributed by atoms with E-state index in [0.29, 0.717) is 6.04 Å². The van der Waals surface area contributed by atoms with Crippen molar-refractivity contribution in [3.05, 3.63) is 18.0 Å². The van der Waals surface area contributed by atoms with Gasteiger partial charge in [-0.05, 0) is 50.5 Å². The molecular formula is C14H23N3. The van der Waals surface area contributed by atoms with Crippen molar-refractivity contribution in [3.63, 3.8) is 0 Å². The van der Waals surface area contributed by atoms with Crippen LogP contribution in [0.15, 0.2) is 12.3 Å². The van der Waals surface area contributed by atoms with Crippen LogP contribution in [0.3, 0.4) is 0 Å². The Morgan fingerprint density at radius 3 is 2.71 bits per heavy atom. The van der Waals surface area contributed by atoms with Crippen molar-refractivity contribution >= 4 is 0 Å². The fourth-order valence-electron chi connectivity index (χ4n) is 2.72. The van der Waals surface area contributed by atoms with E-state index in [9.17, 15) is 0 Å². The lowest BCUT2D eigenvalue weighted by molar-refractivity contribution is 0.273. The van der Waals surface area contributed by atoms with Gasteiger partial charge in [0.1, 0.15) is 0 Å². The SMILES string of the molecule is CC1CCC(n2ccc(CNC3CC3)n2)CC1. The topological polar surface area (TPSA) is 29.9 Å². The summed E-state index contributed by atoms with van der Waals surface area (Å²) in [4.78, 5) is 0. The standard InChI is InChI=1S/C14H23N3/c1-11-2-6-14(7-3-11)17-9-8-13(16-17)10-15-12-4-5-12/h8-9,11-12,14-15H,2-7,10H2,1H3. The van der Waals surface area contributed by atoms with E-state index in [0.717, 1.165) is 18.5 Å². The molecule has 0 saturated heterocycles. The number of nitrogens with one attached hydrogen (secondary N) is 1. The molecule has 94 valence electrons. The number of hydrogen-bond donors (Lipinski definition) is 1. The van der Waals surface area contributed by atoms with Crippen molar-refractivity contribution in [2.45, 2.75) is 64.1 Å². The van der Waals surface area contributed by atoms with Crippen molar-refractivity contribution in [2.24, 2.45) is 5.92 Å². The van der Waals surface area contributed by atoms with Gasteiger partial charge < -0.3 is 5.32 Å². The van der Waals surface area contributed by atoms with Gasteiger partial charge in [0.2, 0.25) is 0 Å². The van der Waals surface area contributed by atoms with Gasteiger partial charge in [0.25, 0.3) is 0 Å². The van der Waals surface area contributed by atoms with E-state index in [4.69, 9.17) is 5.10 Å². The van der Waals surface area contributed by atoms with E-state index in [-0.39, 0.29) is 0 Å². The molecular weight excluding hydrogens is 210 g/mol. The predicted molar refractivity (Wildman–Crippen MR) is 68.8 cm³/mol. The van der Waals surface area contributed by atoms with Gasteiger partial charge in [0.15, 0.2) is 0 Å². The van der Waals surface area contributed by atoms with Crippen molar-refractivity contribution < 1.29 is 0 Å². The maximum absolute atomic E-state index is 4.71. The quantitative estimate of drug-likeness (QED) is 0.866. The molecule has 0 atom stereocenters. The molecule has 0 spiro atoms. The first kappa shape index (κ1) is 11.3. The first-order valence-electron chi connectivity index (χ1n) is 7.08. The Morgan fingerprint density at radius 2 is 2.00 bits per heavy atom. The average molecular weight is 233 g/mol. The normalized spacial score (nSPS) is 29.5. The van der Waals surface area contributed by atoms with E-state index in [1.165, 1.54) is 44.2 Å². The number of rotatable bonds is 4. The second-order valence-corrected chi connectivity index (χ2v) is 5.86. The van der Waals surface area contributed by atoms with Crippen LogP contribution in [-0.2, 0) is 6.54 Å². The van der Waals surface area contributed by atoms with Gasteiger partial charge in [0.05, 0.1) is 11.7 Å². The Bertz CT molecular complexity index is 359. The van der Waals surface area contributed by atoms with Crippen molar-refractivity contribution in [3.8, 4) is 0 Å². The molecule has 0 unspecified atom stereocenters. The van der Waals surface area contributed by atoms with Crippen LogP contribution in [0.4, 0.5) is 0 Å². The molecule has 17 heavy (non-hydrogen) atoms. The molecule has 1 N–H and O–H groups in total. The number of aromatic nitrogens is 2. The van der Waals surface area contributed by atoms with Crippen LogP contribution in [0, 0.1) is 5.92 Å². The summed E-state index contributed by atoms with van der Waals surface area (Å²) in [5, 5.41) is 8.23. The lowest BCUT2D eigenvalue weighted by Crippen LogP contribution is -2.19. The zero-order valence-electron chi connectivity index (χ0n) is 10.7. The van der Waals surface area contributed by atoms with Gasteiger partial charge in [0, 0.05) is 18.8 Å². The minimum atomic E-state index is 0.654. The highest BCUT2D eigenvalue weighted by Crippen LogP contribution is 2.31. The van der Waals surface area contributed by atoms with Crippen LogP contribution in [0.1, 0.15) is 57.2 Å². The van der Waals surface area contributed by atoms with Gasteiger partial charge >= 0.3 is 0 Å². The predicted octanol–water partition coefficient (Wildman–Crippen LogP) is 2.89. The summed E-state index contributed by atoms with van der Waals surface area (Å²) in [5.74, 6) is 0.915. The van der Waals surface area contributed by atoms with Crippen LogP contribution in [0.5, 0.6) is 0 Å². The molecule has 3 nitrogen and oxygen atoms in total. The molecule has 0 aromatic carbocycles. The largest absolute Gasteiger partial charge is 0.308 e. The second-order valence-electron chi connectivity index (χ2n) is 5.86. The molecule has 1 aromatic heterocycles. The molecule has 0 aliphatic heterocycles. The van der Waals surface area contributed by atoms with Crippen LogP contribution >= 0.6 is 0 Å². The van der Waals surface area contributed by atoms with Crippen LogP contribution < -0.4 is 5.32 Å². The first-order valence-corrected chi connectivity index (χ1v) is 7.08. The Labute approximate surface area is 104 Å². The molecule has 3 heteroatoms. The zero-order chi connectivity index (χ0) is 11.7. The van der Waals surface area contributed by atoms with Gasteiger partial charge in [-0.25, -0.2) is 0 Å². The molecule has 2 aliphatic rings. The average Bonchev–Trinajstić information content (AvgIpc) is 3.06. The third-order valence-electron chi connectivity index (χ3n) is 4.17. The lowest BCUT2D eigenvalue weighted by atomic mass is 9.87. The van der Waals surface area contributed by atoms with Gasteiger partial charge in [-0.3, -0.25) is 4.68 Å². The Kier molecular flexibility index (Phi) is 3.19. The van der Waals surface area contributed by atoms with Crippen LogP contribution in [-0.4, -0.2) is 15.8 Å². The van der Waals surface area contributed by atoms with Crippen molar-refractivity contribution in [1.29, 1.82) is 0 Å². The van der Waals surface area contributed by atoms with E-state index < -0.39 is 0 Å². The minimum absolute atomic E-state index is 0.654. The summed E-state index contributed by atoms with van der Waals surface area (Å²) in [6.45, 7) is 3.31. The molecule has 2 fully saturated rings.